The van der Waals surface area contributed by atoms with Gasteiger partial charge in [0.1, 0.15) is 0 Å². The Bertz CT molecular complexity index is 282. The van der Waals surface area contributed by atoms with Crippen LogP contribution in [0.15, 0.2) is 11.6 Å². The maximum absolute atomic E-state index is 11.2. The molecule has 0 bridgehead atoms. The molecule has 2 heteroatoms. The molecule has 3 aliphatic rings. The summed E-state index contributed by atoms with van der Waals surface area (Å²) in [5.74, 6) is 1.70. The zero-order valence-corrected chi connectivity index (χ0v) is 7.75. The number of hydrogen-bond donors (Lipinski definition) is 1. The molecule has 3 unspecified atom stereocenters. The van der Waals surface area contributed by atoms with Crippen molar-refractivity contribution in [2.75, 3.05) is 0 Å². The van der Waals surface area contributed by atoms with E-state index in [2.05, 4.69) is 11.4 Å². The number of allylic oxidation sites excluding steroid dienone is 1. The van der Waals surface area contributed by atoms with Crippen LogP contribution in [0.25, 0.3) is 0 Å². The molecular formula is C11H15NO. The highest BCUT2D eigenvalue weighted by Gasteiger charge is 2.44. The second kappa shape index (κ2) is 2.60. The summed E-state index contributed by atoms with van der Waals surface area (Å²) in [6.07, 6.45) is 8.35. The smallest absolute Gasteiger partial charge is 0.220 e. The fourth-order valence-corrected chi connectivity index (χ4v) is 3.25. The number of rotatable bonds is 0. The maximum Gasteiger partial charge on any atom is 0.220 e. The Kier molecular flexibility index (Phi) is 1.52. The molecule has 3 atom stereocenters. The molecule has 70 valence electrons. The predicted octanol–water partition coefficient (Wildman–Crippen LogP) is 1.62. The monoisotopic (exact) mass is 177 g/mol. The third-order valence-corrected chi connectivity index (χ3v) is 3.79. The van der Waals surface area contributed by atoms with Gasteiger partial charge < -0.3 is 5.32 Å². The molecule has 1 N–H and O–H groups in total. The Balaban J connectivity index is 1.90. The average molecular weight is 177 g/mol. The van der Waals surface area contributed by atoms with Crippen molar-refractivity contribution in [3.63, 3.8) is 0 Å². The Morgan fingerprint density at radius 2 is 2.38 bits per heavy atom. The van der Waals surface area contributed by atoms with Crippen molar-refractivity contribution in [2.24, 2.45) is 11.8 Å². The molecular weight excluding hydrogens is 162 g/mol. The molecule has 0 aromatic heterocycles. The molecule has 1 heterocycles. The van der Waals surface area contributed by atoms with E-state index in [0.717, 1.165) is 12.3 Å². The lowest BCUT2D eigenvalue weighted by molar-refractivity contribution is -0.119. The summed E-state index contributed by atoms with van der Waals surface area (Å²) >= 11 is 0. The molecule has 0 aromatic rings. The minimum atomic E-state index is 0.264. The van der Waals surface area contributed by atoms with Gasteiger partial charge in [-0.1, -0.05) is 6.08 Å². The summed E-state index contributed by atoms with van der Waals surface area (Å²) in [6, 6.07) is 0.429. The fourth-order valence-electron chi connectivity index (χ4n) is 3.25. The van der Waals surface area contributed by atoms with Crippen LogP contribution in [0.1, 0.15) is 32.1 Å². The van der Waals surface area contributed by atoms with E-state index in [4.69, 9.17) is 0 Å². The lowest BCUT2D eigenvalue weighted by Crippen LogP contribution is -2.28. The van der Waals surface area contributed by atoms with Crippen molar-refractivity contribution in [1.82, 2.24) is 5.32 Å². The predicted molar refractivity (Wildman–Crippen MR) is 50.1 cm³/mol. The average Bonchev–Trinajstić information content (AvgIpc) is 2.60. The highest BCUT2D eigenvalue weighted by Crippen LogP contribution is 2.45. The molecule has 2 aliphatic carbocycles. The van der Waals surface area contributed by atoms with E-state index in [1.807, 2.05) is 0 Å². The van der Waals surface area contributed by atoms with E-state index in [0.29, 0.717) is 12.0 Å². The first-order valence-corrected chi connectivity index (χ1v) is 5.34. The highest BCUT2D eigenvalue weighted by molar-refractivity contribution is 5.80. The quantitative estimate of drug-likeness (QED) is 0.560. The first-order valence-electron chi connectivity index (χ1n) is 5.34. The number of nitrogens with one attached hydrogen (secondary N) is 1. The van der Waals surface area contributed by atoms with Gasteiger partial charge in [-0.2, -0.15) is 0 Å². The van der Waals surface area contributed by atoms with Gasteiger partial charge in [0.25, 0.3) is 0 Å². The van der Waals surface area contributed by atoms with Crippen molar-refractivity contribution >= 4 is 5.91 Å². The molecule has 3 rings (SSSR count). The molecule has 0 spiro atoms. The standard InChI is InChI=1S/C11H15NO/c13-10-6-8-5-7-3-1-2-4-9(7)11(8)12-10/h4,7-8,11H,1-3,5-6H2,(H,12,13). The summed E-state index contributed by atoms with van der Waals surface area (Å²) in [4.78, 5) is 11.2. The summed E-state index contributed by atoms with van der Waals surface area (Å²) in [6.45, 7) is 0. The highest BCUT2D eigenvalue weighted by atomic mass is 16.2. The lowest BCUT2D eigenvalue weighted by Gasteiger charge is -2.20. The van der Waals surface area contributed by atoms with Crippen molar-refractivity contribution < 1.29 is 4.79 Å². The lowest BCUT2D eigenvalue weighted by atomic mass is 9.89. The van der Waals surface area contributed by atoms with Gasteiger partial charge in [0.2, 0.25) is 5.91 Å². The van der Waals surface area contributed by atoms with Gasteiger partial charge in [0, 0.05) is 6.42 Å². The summed E-state index contributed by atoms with van der Waals surface area (Å²) in [5, 5.41) is 3.11. The summed E-state index contributed by atoms with van der Waals surface area (Å²) in [7, 11) is 0. The molecule has 0 aromatic carbocycles. The van der Waals surface area contributed by atoms with Crippen LogP contribution in [-0.2, 0) is 4.79 Å². The van der Waals surface area contributed by atoms with Gasteiger partial charge in [-0.05, 0) is 43.1 Å². The third-order valence-electron chi connectivity index (χ3n) is 3.79. The van der Waals surface area contributed by atoms with Crippen LogP contribution < -0.4 is 5.32 Å². The second-order valence-electron chi connectivity index (χ2n) is 4.58. The van der Waals surface area contributed by atoms with E-state index >= 15 is 0 Å². The largest absolute Gasteiger partial charge is 0.349 e. The SMILES string of the molecule is O=C1CC2CC3CCCC=C3C2N1. The zero-order chi connectivity index (χ0) is 8.84. The van der Waals surface area contributed by atoms with Gasteiger partial charge in [-0.3, -0.25) is 4.79 Å². The summed E-state index contributed by atoms with van der Waals surface area (Å²) in [5.41, 5.74) is 1.56. The van der Waals surface area contributed by atoms with Crippen LogP contribution in [0.5, 0.6) is 0 Å². The maximum atomic E-state index is 11.2. The van der Waals surface area contributed by atoms with Gasteiger partial charge in [0.15, 0.2) is 0 Å². The van der Waals surface area contributed by atoms with Crippen LogP contribution in [0, 0.1) is 11.8 Å². The zero-order valence-electron chi connectivity index (χ0n) is 7.75. The first kappa shape index (κ1) is 7.60. The molecule has 0 radical (unpaired) electrons. The van der Waals surface area contributed by atoms with E-state index in [-0.39, 0.29) is 5.91 Å². The Morgan fingerprint density at radius 1 is 1.46 bits per heavy atom. The number of carbonyl (C=O) groups is 1. The molecule has 13 heavy (non-hydrogen) atoms. The van der Waals surface area contributed by atoms with E-state index in [1.54, 1.807) is 5.57 Å². The molecule has 1 saturated carbocycles. The van der Waals surface area contributed by atoms with Crippen LogP contribution in [0.3, 0.4) is 0 Å². The molecule has 2 nitrogen and oxygen atoms in total. The van der Waals surface area contributed by atoms with Gasteiger partial charge in [0.05, 0.1) is 6.04 Å². The van der Waals surface area contributed by atoms with Crippen molar-refractivity contribution in [3.8, 4) is 0 Å². The first-order chi connectivity index (χ1) is 6.34. The van der Waals surface area contributed by atoms with E-state index in [9.17, 15) is 4.79 Å². The van der Waals surface area contributed by atoms with Gasteiger partial charge in [-0.25, -0.2) is 0 Å². The normalized spacial score (nSPS) is 42.3. The number of hydrogen-bond acceptors (Lipinski definition) is 1. The van der Waals surface area contributed by atoms with Crippen molar-refractivity contribution in [1.29, 1.82) is 0 Å². The molecule has 2 fully saturated rings. The van der Waals surface area contributed by atoms with Crippen LogP contribution in [-0.4, -0.2) is 11.9 Å². The summed E-state index contributed by atoms with van der Waals surface area (Å²) < 4.78 is 0. The molecule has 1 aliphatic heterocycles. The minimum absolute atomic E-state index is 0.264. The van der Waals surface area contributed by atoms with Crippen LogP contribution >= 0.6 is 0 Å². The van der Waals surface area contributed by atoms with Crippen molar-refractivity contribution in [2.45, 2.75) is 38.1 Å². The minimum Gasteiger partial charge on any atom is -0.349 e. The van der Waals surface area contributed by atoms with Crippen LogP contribution in [0.2, 0.25) is 0 Å². The Hall–Kier alpha value is -0.790. The Morgan fingerprint density at radius 3 is 3.31 bits per heavy atom. The van der Waals surface area contributed by atoms with Gasteiger partial charge >= 0.3 is 0 Å². The number of carbonyl (C=O) groups excluding carboxylic acids is 1. The van der Waals surface area contributed by atoms with Gasteiger partial charge in [-0.15, -0.1) is 0 Å². The number of amides is 1. The molecule has 1 saturated heterocycles. The third kappa shape index (κ3) is 1.04. The van der Waals surface area contributed by atoms with Crippen molar-refractivity contribution in [3.05, 3.63) is 11.6 Å². The topological polar surface area (TPSA) is 29.1 Å². The second-order valence-corrected chi connectivity index (χ2v) is 4.58. The molecule has 1 amide bonds. The number of fused-ring (bicyclic) bond motifs is 3. The van der Waals surface area contributed by atoms with E-state index < -0.39 is 0 Å². The Labute approximate surface area is 78.4 Å². The fraction of sp³-hybridized carbons (Fsp3) is 0.727. The van der Waals surface area contributed by atoms with Crippen LogP contribution in [0.4, 0.5) is 0 Å². The van der Waals surface area contributed by atoms with E-state index in [1.165, 1.54) is 25.7 Å².